The lowest BCUT2D eigenvalue weighted by molar-refractivity contribution is 0.0992. The van der Waals surface area contributed by atoms with Crippen LogP contribution in [0.25, 0.3) is 0 Å². The molecule has 1 aliphatic rings. The van der Waals surface area contributed by atoms with E-state index in [9.17, 15) is 0 Å². The quantitative estimate of drug-likeness (QED) is 0.715. The maximum Gasteiger partial charge on any atom is 0.162 e. The van der Waals surface area contributed by atoms with Crippen LogP contribution >= 0.6 is 0 Å². The molecule has 1 saturated heterocycles. The first kappa shape index (κ1) is 9.61. The van der Waals surface area contributed by atoms with Crippen molar-refractivity contribution < 1.29 is 9.47 Å². The monoisotopic (exact) mass is 197 g/mol. The van der Waals surface area contributed by atoms with E-state index in [4.69, 9.17) is 9.47 Å². The van der Waals surface area contributed by atoms with E-state index in [0.29, 0.717) is 6.61 Å². The number of ether oxygens (including phenoxy) is 2. The van der Waals surface area contributed by atoms with Crippen molar-refractivity contribution in [1.29, 1.82) is 0 Å². The average molecular weight is 197 g/mol. The zero-order valence-electron chi connectivity index (χ0n) is 8.35. The van der Waals surface area contributed by atoms with Crippen molar-refractivity contribution in [3.63, 3.8) is 0 Å². The maximum atomic E-state index is 5.55. The SMILES string of the molecule is COCCn1cnnc1C1CCCO1. The van der Waals surface area contributed by atoms with Crippen molar-refractivity contribution in [3.05, 3.63) is 12.2 Å². The lowest BCUT2D eigenvalue weighted by Crippen LogP contribution is -2.11. The largest absolute Gasteiger partial charge is 0.383 e. The minimum atomic E-state index is 0.134. The van der Waals surface area contributed by atoms with Crippen molar-refractivity contribution in [1.82, 2.24) is 14.8 Å². The molecular weight excluding hydrogens is 182 g/mol. The van der Waals surface area contributed by atoms with E-state index in [1.54, 1.807) is 13.4 Å². The van der Waals surface area contributed by atoms with E-state index in [2.05, 4.69) is 10.2 Å². The molecule has 1 aromatic heterocycles. The Morgan fingerprint density at radius 2 is 2.64 bits per heavy atom. The zero-order chi connectivity index (χ0) is 9.80. The molecule has 5 heteroatoms. The molecule has 14 heavy (non-hydrogen) atoms. The first-order chi connectivity index (χ1) is 6.92. The summed E-state index contributed by atoms with van der Waals surface area (Å²) in [5.74, 6) is 0.930. The van der Waals surface area contributed by atoms with E-state index < -0.39 is 0 Å². The van der Waals surface area contributed by atoms with Gasteiger partial charge < -0.3 is 14.0 Å². The molecule has 0 radical (unpaired) electrons. The van der Waals surface area contributed by atoms with Gasteiger partial charge in [-0.15, -0.1) is 10.2 Å². The van der Waals surface area contributed by atoms with Crippen molar-refractivity contribution in [2.45, 2.75) is 25.5 Å². The second-order valence-corrected chi connectivity index (χ2v) is 3.38. The topological polar surface area (TPSA) is 49.2 Å². The molecule has 1 fully saturated rings. The van der Waals surface area contributed by atoms with Gasteiger partial charge in [-0.3, -0.25) is 0 Å². The van der Waals surface area contributed by atoms with E-state index in [1.807, 2.05) is 4.57 Å². The molecule has 0 spiro atoms. The molecule has 0 aromatic carbocycles. The van der Waals surface area contributed by atoms with Crippen LogP contribution in [0.4, 0.5) is 0 Å². The Morgan fingerprint density at radius 3 is 3.36 bits per heavy atom. The molecule has 0 aliphatic carbocycles. The number of hydrogen-bond donors (Lipinski definition) is 0. The third-order valence-electron chi connectivity index (χ3n) is 2.40. The molecular formula is C9H15N3O2. The Kier molecular flexibility index (Phi) is 3.10. The highest BCUT2D eigenvalue weighted by atomic mass is 16.5. The molecule has 1 aliphatic heterocycles. The molecule has 5 nitrogen and oxygen atoms in total. The Morgan fingerprint density at radius 1 is 1.71 bits per heavy atom. The minimum Gasteiger partial charge on any atom is -0.383 e. The third kappa shape index (κ3) is 1.93. The normalized spacial score (nSPS) is 21.6. The first-order valence-corrected chi connectivity index (χ1v) is 4.90. The molecule has 2 heterocycles. The predicted molar refractivity (Wildman–Crippen MR) is 49.8 cm³/mol. The van der Waals surface area contributed by atoms with Gasteiger partial charge in [-0.1, -0.05) is 0 Å². The van der Waals surface area contributed by atoms with E-state index in [1.165, 1.54) is 0 Å². The van der Waals surface area contributed by atoms with Crippen molar-refractivity contribution in [3.8, 4) is 0 Å². The maximum absolute atomic E-state index is 5.55. The Hall–Kier alpha value is -0.940. The van der Waals surface area contributed by atoms with Crippen LogP contribution < -0.4 is 0 Å². The van der Waals surface area contributed by atoms with Crippen LogP contribution in [-0.2, 0) is 16.0 Å². The molecule has 1 unspecified atom stereocenters. The summed E-state index contributed by atoms with van der Waals surface area (Å²) in [5.41, 5.74) is 0. The summed E-state index contributed by atoms with van der Waals surface area (Å²) in [7, 11) is 1.69. The van der Waals surface area contributed by atoms with Gasteiger partial charge in [0.25, 0.3) is 0 Å². The van der Waals surface area contributed by atoms with Crippen molar-refractivity contribution >= 4 is 0 Å². The Balaban J connectivity index is 2.04. The van der Waals surface area contributed by atoms with Gasteiger partial charge in [0, 0.05) is 20.3 Å². The van der Waals surface area contributed by atoms with Crippen LogP contribution in [0.3, 0.4) is 0 Å². The fourth-order valence-electron chi connectivity index (χ4n) is 1.66. The third-order valence-corrected chi connectivity index (χ3v) is 2.40. The highest BCUT2D eigenvalue weighted by Crippen LogP contribution is 2.26. The van der Waals surface area contributed by atoms with Crippen LogP contribution in [0.15, 0.2) is 6.33 Å². The van der Waals surface area contributed by atoms with Gasteiger partial charge in [0.15, 0.2) is 5.82 Å². The summed E-state index contributed by atoms with van der Waals surface area (Å²) >= 11 is 0. The standard InChI is InChI=1S/C9H15N3O2/c1-13-6-4-12-7-10-11-9(12)8-3-2-5-14-8/h7-8H,2-6H2,1H3. The number of methoxy groups -OCH3 is 1. The minimum absolute atomic E-state index is 0.134. The van der Waals surface area contributed by atoms with E-state index in [0.717, 1.165) is 31.8 Å². The van der Waals surface area contributed by atoms with Crippen LogP contribution in [0.5, 0.6) is 0 Å². The Labute approximate surface area is 83.0 Å². The first-order valence-electron chi connectivity index (χ1n) is 4.90. The molecule has 0 saturated carbocycles. The molecule has 2 rings (SSSR count). The number of aromatic nitrogens is 3. The van der Waals surface area contributed by atoms with Gasteiger partial charge in [0.2, 0.25) is 0 Å². The van der Waals surface area contributed by atoms with Crippen LogP contribution in [-0.4, -0.2) is 35.1 Å². The van der Waals surface area contributed by atoms with E-state index in [-0.39, 0.29) is 6.10 Å². The molecule has 0 bridgehead atoms. The van der Waals surface area contributed by atoms with Gasteiger partial charge in [-0.2, -0.15) is 0 Å². The van der Waals surface area contributed by atoms with Crippen LogP contribution in [0.1, 0.15) is 24.8 Å². The summed E-state index contributed by atoms with van der Waals surface area (Å²) < 4.78 is 12.6. The molecule has 0 amide bonds. The number of nitrogens with zero attached hydrogens (tertiary/aromatic N) is 3. The van der Waals surface area contributed by atoms with Gasteiger partial charge in [-0.25, -0.2) is 0 Å². The van der Waals surface area contributed by atoms with Gasteiger partial charge in [0.1, 0.15) is 12.4 Å². The fourth-order valence-corrected chi connectivity index (χ4v) is 1.66. The van der Waals surface area contributed by atoms with Gasteiger partial charge >= 0.3 is 0 Å². The van der Waals surface area contributed by atoms with Gasteiger partial charge in [-0.05, 0) is 12.8 Å². The molecule has 1 atom stereocenters. The average Bonchev–Trinajstić information content (AvgIpc) is 2.84. The summed E-state index contributed by atoms with van der Waals surface area (Å²) in [5, 5.41) is 7.98. The lowest BCUT2D eigenvalue weighted by atomic mass is 10.2. The van der Waals surface area contributed by atoms with Crippen molar-refractivity contribution in [2.75, 3.05) is 20.3 Å². The summed E-state index contributed by atoms with van der Waals surface area (Å²) in [6.07, 6.45) is 4.03. The lowest BCUT2D eigenvalue weighted by Gasteiger charge is -2.10. The van der Waals surface area contributed by atoms with E-state index >= 15 is 0 Å². The zero-order valence-corrected chi connectivity index (χ0v) is 8.35. The highest BCUT2D eigenvalue weighted by Gasteiger charge is 2.22. The molecule has 78 valence electrons. The summed E-state index contributed by atoms with van der Waals surface area (Å²) in [4.78, 5) is 0. The second-order valence-electron chi connectivity index (χ2n) is 3.38. The fraction of sp³-hybridized carbons (Fsp3) is 0.778. The van der Waals surface area contributed by atoms with Gasteiger partial charge in [0.05, 0.1) is 6.61 Å². The summed E-state index contributed by atoms with van der Waals surface area (Å²) in [6, 6.07) is 0. The van der Waals surface area contributed by atoms with Crippen LogP contribution in [0.2, 0.25) is 0 Å². The second kappa shape index (κ2) is 4.52. The molecule has 0 N–H and O–H groups in total. The Bertz CT molecular complexity index is 281. The van der Waals surface area contributed by atoms with Crippen molar-refractivity contribution in [2.24, 2.45) is 0 Å². The predicted octanol–water partition coefficient (Wildman–Crippen LogP) is 0.776. The summed E-state index contributed by atoms with van der Waals surface area (Å²) in [6.45, 7) is 2.30. The highest BCUT2D eigenvalue weighted by molar-refractivity contribution is 4.93. The smallest absolute Gasteiger partial charge is 0.162 e. The van der Waals surface area contributed by atoms with Crippen LogP contribution in [0, 0.1) is 0 Å². The number of rotatable bonds is 4. The number of hydrogen-bond acceptors (Lipinski definition) is 4. The molecule has 1 aromatic rings.